The Morgan fingerprint density at radius 3 is 2.63 bits per heavy atom. The molecule has 4 aliphatic rings. The van der Waals surface area contributed by atoms with Crippen LogP contribution in [0.1, 0.15) is 53.4 Å². The fraction of sp³-hybridized carbons (Fsp3) is 0.900. The number of fused-ring (bicyclic) bond motifs is 2. The summed E-state index contributed by atoms with van der Waals surface area (Å²) in [5, 5.41) is 7.24. The standard InChI is InChI=1S/C20H34N4O3/c1-5-21-17(22-13-11-24(12-13)18(25)27-19(2,3)4)23-15-14-7-10-26-16(14)20(15)8-6-9-20/h13-16H,5-12H2,1-4H3,(H2,21,22,23). The molecule has 0 aromatic heterocycles. The van der Waals surface area contributed by atoms with Crippen LogP contribution in [0.15, 0.2) is 4.99 Å². The average Bonchev–Trinajstić information content (AvgIpc) is 2.89. The van der Waals surface area contributed by atoms with Crippen LogP contribution in [0.25, 0.3) is 0 Å². The van der Waals surface area contributed by atoms with Gasteiger partial charge in [0.1, 0.15) is 5.60 Å². The maximum atomic E-state index is 12.1. The second-order valence-corrected chi connectivity index (χ2v) is 9.50. The normalized spacial score (nSPS) is 32.2. The van der Waals surface area contributed by atoms with E-state index in [0.29, 0.717) is 36.6 Å². The van der Waals surface area contributed by atoms with Gasteiger partial charge in [0.2, 0.25) is 0 Å². The summed E-state index contributed by atoms with van der Waals surface area (Å²) in [4.78, 5) is 18.5. The quantitative estimate of drug-likeness (QED) is 0.581. The third-order valence-corrected chi connectivity index (χ3v) is 6.52. The third-order valence-electron chi connectivity index (χ3n) is 6.52. The van der Waals surface area contributed by atoms with E-state index in [2.05, 4.69) is 22.5 Å². The Kier molecular flexibility index (Phi) is 4.77. The van der Waals surface area contributed by atoms with Crippen LogP contribution in [-0.2, 0) is 9.47 Å². The molecule has 7 heteroatoms. The van der Waals surface area contributed by atoms with Gasteiger partial charge < -0.3 is 25.0 Å². The molecule has 0 aromatic rings. The van der Waals surface area contributed by atoms with E-state index in [0.717, 1.165) is 25.5 Å². The first-order valence-electron chi connectivity index (χ1n) is 10.5. The molecular formula is C20H34N4O3. The van der Waals surface area contributed by atoms with Crippen molar-refractivity contribution in [3.8, 4) is 0 Å². The summed E-state index contributed by atoms with van der Waals surface area (Å²) in [5.41, 5.74) is -0.118. The molecule has 3 unspecified atom stereocenters. The van der Waals surface area contributed by atoms with Crippen LogP contribution in [0.5, 0.6) is 0 Å². The lowest BCUT2D eigenvalue weighted by atomic mass is 9.46. The molecule has 2 N–H and O–H groups in total. The van der Waals surface area contributed by atoms with Gasteiger partial charge in [0, 0.05) is 43.6 Å². The minimum Gasteiger partial charge on any atom is -0.444 e. The van der Waals surface area contributed by atoms with Gasteiger partial charge in [-0.1, -0.05) is 6.42 Å². The van der Waals surface area contributed by atoms with Gasteiger partial charge in [0.05, 0.1) is 12.1 Å². The highest BCUT2D eigenvalue weighted by Gasteiger charge is 2.66. The number of hydrogen-bond donors (Lipinski definition) is 2. The van der Waals surface area contributed by atoms with Crippen molar-refractivity contribution in [2.24, 2.45) is 16.3 Å². The number of carbonyl (C=O) groups is 1. The molecule has 2 aliphatic carbocycles. The van der Waals surface area contributed by atoms with E-state index in [1.807, 2.05) is 20.8 Å². The summed E-state index contributed by atoms with van der Waals surface area (Å²) in [5.74, 6) is 1.50. The van der Waals surface area contributed by atoms with Gasteiger partial charge in [-0.05, 0) is 47.0 Å². The molecule has 152 valence electrons. The Balaban J connectivity index is 1.30. The molecule has 0 radical (unpaired) electrons. The van der Waals surface area contributed by atoms with Crippen LogP contribution in [0, 0.1) is 11.3 Å². The van der Waals surface area contributed by atoms with E-state index in [9.17, 15) is 4.79 Å². The number of nitrogens with one attached hydrogen (secondary N) is 2. The summed E-state index contributed by atoms with van der Waals surface area (Å²) >= 11 is 0. The largest absolute Gasteiger partial charge is 0.444 e. The molecule has 0 aromatic carbocycles. The number of aliphatic imine (C=N–C) groups is 1. The lowest BCUT2D eigenvalue weighted by Crippen LogP contribution is -2.73. The maximum absolute atomic E-state index is 12.1. The molecule has 4 rings (SSSR count). The van der Waals surface area contributed by atoms with E-state index >= 15 is 0 Å². The molecule has 2 saturated heterocycles. The van der Waals surface area contributed by atoms with Crippen LogP contribution < -0.4 is 10.6 Å². The smallest absolute Gasteiger partial charge is 0.410 e. The van der Waals surface area contributed by atoms with Crippen molar-refractivity contribution in [2.75, 3.05) is 26.2 Å². The number of guanidine groups is 1. The molecule has 4 fully saturated rings. The average molecular weight is 379 g/mol. The summed E-state index contributed by atoms with van der Waals surface area (Å²) in [7, 11) is 0. The molecule has 27 heavy (non-hydrogen) atoms. The first-order valence-corrected chi connectivity index (χ1v) is 10.5. The van der Waals surface area contributed by atoms with Gasteiger partial charge in [-0.2, -0.15) is 0 Å². The SMILES string of the molecule is CCN=C(NC1CN(C(=O)OC(C)(C)C)C1)NC1C2CCOC2C12CCC2. The molecule has 2 saturated carbocycles. The lowest BCUT2D eigenvalue weighted by molar-refractivity contribution is -0.171. The molecule has 2 aliphatic heterocycles. The highest BCUT2D eigenvalue weighted by molar-refractivity contribution is 5.81. The fourth-order valence-electron chi connectivity index (χ4n) is 5.13. The highest BCUT2D eigenvalue weighted by atomic mass is 16.6. The van der Waals surface area contributed by atoms with Gasteiger partial charge in [0.25, 0.3) is 0 Å². The van der Waals surface area contributed by atoms with Crippen molar-refractivity contribution >= 4 is 12.1 Å². The van der Waals surface area contributed by atoms with Crippen LogP contribution in [0.2, 0.25) is 0 Å². The topological polar surface area (TPSA) is 75.2 Å². The number of likely N-dealkylation sites (tertiary alicyclic amines) is 1. The van der Waals surface area contributed by atoms with Gasteiger partial charge in [0.15, 0.2) is 5.96 Å². The van der Waals surface area contributed by atoms with Gasteiger partial charge in [-0.3, -0.25) is 4.99 Å². The molecule has 0 bridgehead atoms. The number of ether oxygens (including phenoxy) is 2. The van der Waals surface area contributed by atoms with E-state index in [1.54, 1.807) is 4.90 Å². The minimum atomic E-state index is -0.451. The van der Waals surface area contributed by atoms with E-state index in [1.165, 1.54) is 19.3 Å². The number of amides is 1. The Labute approximate surface area is 162 Å². The molecular weight excluding hydrogens is 344 g/mol. The zero-order valence-corrected chi connectivity index (χ0v) is 17.1. The zero-order chi connectivity index (χ0) is 19.2. The first-order chi connectivity index (χ1) is 12.8. The summed E-state index contributed by atoms with van der Waals surface area (Å²) in [6.45, 7) is 10.7. The predicted molar refractivity (Wildman–Crippen MR) is 104 cm³/mol. The summed E-state index contributed by atoms with van der Waals surface area (Å²) < 4.78 is 11.4. The Bertz CT molecular complexity index is 605. The predicted octanol–water partition coefficient (Wildman–Crippen LogP) is 2.12. The van der Waals surface area contributed by atoms with Gasteiger partial charge >= 0.3 is 6.09 Å². The Hall–Kier alpha value is -1.50. The van der Waals surface area contributed by atoms with Crippen molar-refractivity contribution in [2.45, 2.75) is 77.2 Å². The summed E-state index contributed by atoms with van der Waals surface area (Å²) in [6.07, 6.45) is 5.21. The second-order valence-electron chi connectivity index (χ2n) is 9.50. The summed E-state index contributed by atoms with van der Waals surface area (Å²) in [6, 6.07) is 0.696. The first kappa shape index (κ1) is 18.8. The third kappa shape index (κ3) is 3.39. The van der Waals surface area contributed by atoms with Crippen molar-refractivity contribution in [1.82, 2.24) is 15.5 Å². The van der Waals surface area contributed by atoms with Crippen molar-refractivity contribution < 1.29 is 14.3 Å². The maximum Gasteiger partial charge on any atom is 0.410 e. The van der Waals surface area contributed by atoms with Crippen LogP contribution in [0.3, 0.4) is 0 Å². The van der Waals surface area contributed by atoms with Crippen LogP contribution in [-0.4, -0.2) is 67.0 Å². The van der Waals surface area contributed by atoms with E-state index < -0.39 is 5.60 Å². The minimum absolute atomic E-state index is 0.225. The lowest BCUT2D eigenvalue weighted by Gasteiger charge is -2.63. The second kappa shape index (κ2) is 6.83. The monoisotopic (exact) mass is 378 g/mol. The number of carbonyl (C=O) groups excluding carboxylic acids is 1. The molecule has 1 amide bonds. The number of rotatable bonds is 3. The molecule has 1 spiro atoms. The fourth-order valence-corrected chi connectivity index (χ4v) is 5.13. The number of nitrogens with zero attached hydrogens (tertiary/aromatic N) is 2. The van der Waals surface area contributed by atoms with Gasteiger partial charge in [-0.25, -0.2) is 4.79 Å². The highest BCUT2D eigenvalue weighted by Crippen LogP contribution is 2.62. The van der Waals surface area contributed by atoms with Crippen molar-refractivity contribution in [3.05, 3.63) is 0 Å². The molecule has 3 atom stereocenters. The molecule has 7 nitrogen and oxygen atoms in total. The Morgan fingerprint density at radius 1 is 1.30 bits per heavy atom. The van der Waals surface area contributed by atoms with Crippen molar-refractivity contribution in [3.63, 3.8) is 0 Å². The number of hydrogen-bond acceptors (Lipinski definition) is 4. The van der Waals surface area contributed by atoms with Crippen LogP contribution >= 0.6 is 0 Å². The van der Waals surface area contributed by atoms with Crippen LogP contribution in [0.4, 0.5) is 4.79 Å². The molecule has 2 heterocycles. The van der Waals surface area contributed by atoms with E-state index in [4.69, 9.17) is 9.47 Å². The zero-order valence-electron chi connectivity index (χ0n) is 17.1. The van der Waals surface area contributed by atoms with Crippen molar-refractivity contribution in [1.29, 1.82) is 0 Å². The Morgan fingerprint density at radius 2 is 2.04 bits per heavy atom. The van der Waals surface area contributed by atoms with Gasteiger partial charge in [-0.15, -0.1) is 0 Å². The van der Waals surface area contributed by atoms with E-state index in [-0.39, 0.29) is 12.1 Å².